The summed E-state index contributed by atoms with van der Waals surface area (Å²) in [5.74, 6) is -1.81. The van der Waals surface area contributed by atoms with E-state index in [0.29, 0.717) is 21.3 Å². The van der Waals surface area contributed by atoms with Crippen molar-refractivity contribution in [2.45, 2.75) is 23.6 Å². The Morgan fingerprint density at radius 3 is 2.24 bits per heavy atom. The van der Waals surface area contributed by atoms with E-state index in [1.807, 2.05) is 31.2 Å². The molecule has 5 nitrogen and oxygen atoms in total. The monoisotopic (exact) mass is 596 g/mol. The Morgan fingerprint density at radius 2 is 1.62 bits per heavy atom. The second kappa shape index (κ2) is 11.2. The third kappa shape index (κ3) is 6.24. The second-order valence-corrected chi connectivity index (χ2v) is 11.4. The first-order valence-corrected chi connectivity index (χ1v) is 13.0. The number of hydrogen-bond donors (Lipinski definition) is 1. The van der Waals surface area contributed by atoms with Gasteiger partial charge in [-0.2, -0.15) is 0 Å². The van der Waals surface area contributed by atoms with Crippen molar-refractivity contribution in [1.29, 1.82) is 0 Å². The van der Waals surface area contributed by atoms with Crippen LogP contribution in [0.25, 0.3) is 0 Å². The maximum atomic E-state index is 13.1. The van der Waals surface area contributed by atoms with Crippen LogP contribution >= 0.6 is 58.0 Å². The Labute approximate surface area is 239 Å². The molecular weight excluding hydrogens is 578 g/mol. The van der Waals surface area contributed by atoms with Gasteiger partial charge in [-0.25, -0.2) is 0 Å². The minimum absolute atomic E-state index is 0.130. The van der Waals surface area contributed by atoms with Gasteiger partial charge in [-0.15, -0.1) is 23.2 Å². The van der Waals surface area contributed by atoms with Gasteiger partial charge in [0.15, 0.2) is 5.78 Å². The van der Waals surface area contributed by atoms with E-state index in [9.17, 15) is 9.59 Å². The van der Waals surface area contributed by atoms with Gasteiger partial charge in [0.25, 0.3) is 0 Å². The largest absolute Gasteiger partial charge is 0.399 e. The van der Waals surface area contributed by atoms with Crippen LogP contribution in [0, 0.1) is 5.92 Å². The zero-order chi connectivity index (χ0) is 26.9. The Morgan fingerprint density at radius 1 is 0.973 bits per heavy atom. The molecule has 0 saturated heterocycles. The molecule has 3 aromatic rings. The lowest BCUT2D eigenvalue weighted by molar-refractivity contribution is -0.117. The highest BCUT2D eigenvalue weighted by Gasteiger charge is 2.67. The first-order valence-electron chi connectivity index (χ1n) is 11.2. The van der Waals surface area contributed by atoms with Crippen LogP contribution in [-0.2, 0) is 16.1 Å². The first kappa shape index (κ1) is 27.7. The normalized spacial score (nSPS) is 18.3. The van der Waals surface area contributed by atoms with Gasteiger partial charge in [-0.1, -0.05) is 64.2 Å². The van der Waals surface area contributed by atoms with E-state index in [4.69, 9.17) is 62.8 Å². The van der Waals surface area contributed by atoms with Gasteiger partial charge in [-0.05, 0) is 60.0 Å². The minimum Gasteiger partial charge on any atom is -0.399 e. The number of amides is 1. The summed E-state index contributed by atoms with van der Waals surface area (Å²) in [7, 11) is 1.48. The molecule has 0 bridgehead atoms. The zero-order valence-corrected chi connectivity index (χ0v) is 23.5. The summed E-state index contributed by atoms with van der Waals surface area (Å²) in [4.78, 5) is 30.9. The average Bonchev–Trinajstić information content (AvgIpc) is 3.42. The summed E-state index contributed by atoms with van der Waals surface area (Å²) in [5, 5.41) is 7.83. The van der Waals surface area contributed by atoms with Gasteiger partial charge in [0.2, 0.25) is 5.91 Å². The number of nitrogens with zero attached hydrogens (tertiary/aromatic N) is 1. The lowest BCUT2D eigenvalue weighted by Gasteiger charge is -2.10. The summed E-state index contributed by atoms with van der Waals surface area (Å²) in [6.45, 7) is 1.83. The highest BCUT2D eigenvalue weighted by Crippen LogP contribution is 2.65. The molecule has 192 valence electrons. The van der Waals surface area contributed by atoms with Crippen LogP contribution in [0.5, 0.6) is 0 Å². The summed E-state index contributed by atoms with van der Waals surface area (Å²) in [6.07, 6.45) is 0.130. The second-order valence-electron chi connectivity index (χ2n) is 8.67. The SMILES string of the molecule is CO/N=C(\C)c1ccc(CC(=O)c2cc(NC(=O)C3C(c4cc(Cl)cc(Cl)c4)C3(Cl)Cl)ccc2Cl)cc1. The van der Waals surface area contributed by atoms with E-state index in [0.717, 1.165) is 16.8 Å². The number of nitrogens with one attached hydrogen (secondary N) is 1. The van der Waals surface area contributed by atoms with Gasteiger partial charge < -0.3 is 10.2 Å². The third-order valence-electron chi connectivity index (χ3n) is 6.08. The number of oxime groups is 1. The molecule has 0 aromatic heterocycles. The predicted octanol–water partition coefficient (Wildman–Crippen LogP) is 7.97. The van der Waals surface area contributed by atoms with Crippen molar-refractivity contribution in [3.05, 3.63) is 98.0 Å². The molecule has 1 N–H and O–H groups in total. The van der Waals surface area contributed by atoms with Gasteiger partial charge >= 0.3 is 0 Å². The summed E-state index contributed by atoms with van der Waals surface area (Å²) in [6, 6.07) is 17.1. The quantitative estimate of drug-likeness (QED) is 0.124. The molecule has 0 heterocycles. The van der Waals surface area contributed by atoms with E-state index in [1.165, 1.54) is 7.11 Å². The Bertz CT molecular complexity index is 1370. The van der Waals surface area contributed by atoms with Crippen molar-refractivity contribution in [3.8, 4) is 0 Å². The molecule has 0 spiro atoms. The summed E-state index contributed by atoms with van der Waals surface area (Å²) >= 11 is 31.4. The number of alkyl halides is 2. The van der Waals surface area contributed by atoms with Crippen molar-refractivity contribution in [2.75, 3.05) is 12.4 Å². The Balaban J connectivity index is 1.47. The zero-order valence-electron chi connectivity index (χ0n) is 19.7. The van der Waals surface area contributed by atoms with Gasteiger partial charge in [0, 0.05) is 33.6 Å². The van der Waals surface area contributed by atoms with Crippen LogP contribution in [0.2, 0.25) is 15.1 Å². The van der Waals surface area contributed by atoms with Crippen molar-refractivity contribution in [1.82, 2.24) is 0 Å². The molecule has 1 aliphatic carbocycles. The van der Waals surface area contributed by atoms with Crippen LogP contribution < -0.4 is 5.32 Å². The molecule has 10 heteroatoms. The van der Waals surface area contributed by atoms with E-state index < -0.39 is 22.1 Å². The van der Waals surface area contributed by atoms with Gasteiger partial charge in [0.05, 0.1) is 16.7 Å². The number of hydrogen-bond acceptors (Lipinski definition) is 4. The van der Waals surface area contributed by atoms with Crippen LogP contribution in [0.15, 0.2) is 65.8 Å². The molecule has 2 atom stereocenters. The molecule has 1 fully saturated rings. The third-order valence-corrected chi connectivity index (χ3v) is 7.79. The predicted molar refractivity (Wildman–Crippen MR) is 151 cm³/mol. The first-order chi connectivity index (χ1) is 17.5. The van der Waals surface area contributed by atoms with Crippen LogP contribution in [0.1, 0.15) is 39.9 Å². The number of carbonyl (C=O) groups is 2. The number of halogens is 5. The lowest BCUT2D eigenvalue weighted by Crippen LogP contribution is -2.17. The highest BCUT2D eigenvalue weighted by molar-refractivity contribution is 6.53. The van der Waals surface area contributed by atoms with Crippen molar-refractivity contribution in [2.24, 2.45) is 11.1 Å². The molecule has 37 heavy (non-hydrogen) atoms. The molecule has 3 aromatic carbocycles. The Hall–Kier alpha value is -2.28. The van der Waals surface area contributed by atoms with E-state index in [1.54, 1.807) is 36.4 Å². The standard InChI is InChI=1S/C27H21Cl5N2O3/c1-14(34-37-2)16-5-3-15(4-6-16)9-23(35)21-13-20(7-8-22(21)30)33-26(36)25-24(27(25,31)32)17-10-18(28)12-19(29)11-17/h3-8,10-13,24-25H,9H2,1-2H3,(H,33,36)/b34-14+. The van der Waals surface area contributed by atoms with Crippen molar-refractivity contribution >= 4 is 81.1 Å². The topological polar surface area (TPSA) is 67.8 Å². The number of anilines is 1. The van der Waals surface area contributed by atoms with Crippen LogP contribution in [0.4, 0.5) is 5.69 Å². The lowest BCUT2D eigenvalue weighted by atomic mass is 10.0. The fourth-order valence-corrected chi connectivity index (χ4v) is 5.79. The van der Waals surface area contributed by atoms with E-state index in [-0.39, 0.29) is 22.8 Å². The number of carbonyl (C=O) groups excluding carboxylic acids is 2. The fraction of sp³-hybridized carbons (Fsp3) is 0.222. The van der Waals surface area contributed by atoms with E-state index in [2.05, 4.69) is 10.5 Å². The molecule has 1 aliphatic rings. The summed E-state index contributed by atoms with van der Waals surface area (Å²) < 4.78 is -1.32. The van der Waals surface area contributed by atoms with Crippen molar-refractivity contribution in [3.63, 3.8) is 0 Å². The van der Waals surface area contributed by atoms with Crippen LogP contribution in [-0.4, -0.2) is 28.8 Å². The average molecular weight is 599 g/mol. The molecule has 0 aliphatic heterocycles. The fourth-order valence-electron chi connectivity index (χ4n) is 4.19. The van der Waals surface area contributed by atoms with Crippen molar-refractivity contribution < 1.29 is 14.4 Å². The van der Waals surface area contributed by atoms with E-state index >= 15 is 0 Å². The van der Waals surface area contributed by atoms with Crippen LogP contribution in [0.3, 0.4) is 0 Å². The number of Topliss-reactive ketones (excluding diaryl/α,β-unsaturated/α-hetero) is 1. The molecule has 1 amide bonds. The number of rotatable bonds is 8. The Kier molecular flexibility index (Phi) is 8.41. The number of benzene rings is 3. The van der Waals surface area contributed by atoms with Gasteiger partial charge in [-0.3, -0.25) is 9.59 Å². The summed E-state index contributed by atoms with van der Waals surface area (Å²) in [5.41, 5.74) is 3.77. The maximum Gasteiger partial charge on any atom is 0.231 e. The molecule has 4 rings (SSSR count). The molecule has 0 radical (unpaired) electrons. The minimum atomic E-state index is -1.32. The molecular formula is C27H21Cl5N2O3. The molecule has 2 unspecified atom stereocenters. The maximum absolute atomic E-state index is 13.1. The number of ketones is 1. The smallest absolute Gasteiger partial charge is 0.231 e. The van der Waals surface area contributed by atoms with Gasteiger partial charge in [0.1, 0.15) is 11.4 Å². The highest BCUT2D eigenvalue weighted by atomic mass is 35.5. The molecule has 1 saturated carbocycles.